The maximum atomic E-state index is 12.1. The van der Waals surface area contributed by atoms with Crippen LogP contribution in [0.5, 0.6) is 5.88 Å². The number of pyridine rings is 1. The summed E-state index contributed by atoms with van der Waals surface area (Å²) in [4.78, 5) is 17.9. The van der Waals surface area contributed by atoms with Gasteiger partial charge in [0.15, 0.2) is 0 Å². The van der Waals surface area contributed by atoms with Gasteiger partial charge < -0.3 is 14.7 Å². The Balaban J connectivity index is 2.08. The second kappa shape index (κ2) is 5.14. The fraction of sp³-hybridized carbons (Fsp3) is 0.500. The summed E-state index contributed by atoms with van der Waals surface area (Å²) < 4.78 is 4.99. The average Bonchev–Trinajstić information content (AvgIpc) is 2.39. The van der Waals surface area contributed by atoms with Crippen LogP contribution in [0.1, 0.15) is 23.2 Å². The Morgan fingerprint density at radius 1 is 1.53 bits per heavy atom. The number of nitrogens with zero attached hydrogens (tertiary/aromatic N) is 2. The van der Waals surface area contributed by atoms with Gasteiger partial charge >= 0.3 is 0 Å². The fourth-order valence-corrected chi connectivity index (χ4v) is 1.91. The van der Waals surface area contributed by atoms with E-state index in [-0.39, 0.29) is 12.0 Å². The minimum Gasteiger partial charge on any atom is -0.481 e. The summed E-state index contributed by atoms with van der Waals surface area (Å²) in [7, 11) is 1.52. The summed E-state index contributed by atoms with van der Waals surface area (Å²) in [6.07, 6.45) is 2.58. The minimum atomic E-state index is -0.272. The van der Waals surface area contributed by atoms with Gasteiger partial charge in [-0.1, -0.05) is 0 Å². The summed E-state index contributed by atoms with van der Waals surface area (Å²) >= 11 is 0. The van der Waals surface area contributed by atoms with E-state index in [4.69, 9.17) is 4.74 Å². The van der Waals surface area contributed by atoms with Crippen molar-refractivity contribution in [3.05, 3.63) is 23.9 Å². The molecule has 1 saturated heterocycles. The maximum Gasteiger partial charge on any atom is 0.254 e. The van der Waals surface area contributed by atoms with Crippen molar-refractivity contribution in [2.45, 2.75) is 18.9 Å². The van der Waals surface area contributed by atoms with Crippen molar-refractivity contribution in [2.75, 3.05) is 20.2 Å². The number of carbonyl (C=O) groups is 1. The van der Waals surface area contributed by atoms with Gasteiger partial charge in [-0.25, -0.2) is 4.98 Å². The number of ether oxygens (including phenoxy) is 1. The molecule has 1 aliphatic heterocycles. The molecule has 0 radical (unpaired) electrons. The van der Waals surface area contributed by atoms with Crippen LogP contribution in [-0.4, -0.2) is 47.2 Å². The molecule has 0 bridgehead atoms. The Bertz CT molecular complexity index is 400. The number of piperidine rings is 1. The molecule has 1 aromatic rings. The normalized spacial score (nSPS) is 16.9. The number of aliphatic hydroxyl groups excluding tert-OH is 1. The molecule has 1 aromatic heterocycles. The highest BCUT2D eigenvalue weighted by molar-refractivity contribution is 5.94. The maximum absolute atomic E-state index is 12.1. The first-order valence-corrected chi connectivity index (χ1v) is 5.68. The number of hydrogen-bond acceptors (Lipinski definition) is 4. The Morgan fingerprint density at radius 2 is 2.24 bits per heavy atom. The number of aromatic nitrogens is 1. The lowest BCUT2D eigenvalue weighted by Gasteiger charge is -2.29. The Kier molecular flexibility index (Phi) is 3.58. The zero-order valence-corrected chi connectivity index (χ0v) is 9.80. The fourth-order valence-electron chi connectivity index (χ4n) is 1.91. The molecular formula is C12H16N2O3. The number of methoxy groups -OCH3 is 1. The lowest BCUT2D eigenvalue weighted by molar-refractivity contribution is 0.0546. The third kappa shape index (κ3) is 2.74. The lowest BCUT2D eigenvalue weighted by atomic mass is 10.1. The van der Waals surface area contributed by atoms with E-state index in [1.54, 1.807) is 23.2 Å². The summed E-state index contributed by atoms with van der Waals surface area (Å²) in [5, 5.41) is 9.39. The van der Waals surface area contributed by atoms with Gasteiger partial charge in [0, 0.05) is 30.9 Å². The zero-order chi connectivity index (χ0) is 12.3. The van der Waals surface area contributed by atoms with Crippen LogP contribution in [0.15, 0.2) is 18.3 Å². The smallest absolute Gasteiger partial charge is 0.254 e. The van der Waals surface area contributed by atoms with E-state index >= 15 is 0 Å². The molecule has 5 nitrogen and oxygen atoms in total. The second-order valence-corrected chi connectivity index (χ2v) is 4.11. The number of aliphatic hydroxyl groups is 1. The van der Waals surface area contributed by atoms with Gasteiger partial charge in [-0.15, -0.1) is 0 Å². The molecule has 92 valence electrons. The van der Waals surface area contributed by atoms with E-state index in [9.17, 15) is 9.90 Å². The predicted octanol–water partition coefficient (Wildman–Crippen LogP) is 0.687. The standard InChI is InChI=1S/C12H16N2O3/c1-17-11-8-9(2-5-13-11)12(16)14-6-3-10(15)4-7-14/h2,5,8,10,15H,3-4,6-7H2,1H3. The molecule has 0 aliphatic carbocycles. The van der Waals surface area contributed by atoms with Crippen LogP contribution in [0, 0.1) is 0 Å². The summed E-state index contributed by atoms with van der Waals surface area (Å²) in [5.41, 5.74) is 0.577. The van der Waals surface area contributed by atoms with Gasteiger partial charge in [0.1, 0.15) is 0 Å². The first kappa shape index (κ1) is 11.9. The highest BCUT2D eigenvalue weighted by Gasteiger charge is 2.22. The lowest BCUT2D eigenvalue weighted by Crippen LogP contribution is -2.40. The largest absolute Gasteiger partial charge is 0.481 e. The monoisotopic (exact) mass is 236 g/mol. The Labute approximate surface area is 100 Å². The van der Waals surface area contributed by atoms with Crippen molar-refractivity contribution < 1.29 is 14.6 Å². The second-order valence-electron chi connectivity index (χ2n) is 4.11. The van der Waals surface area contributed by atoms with Crippen molar-refractivity contribution in [1.82, 2.24) is 9.88 Å². The van der Waals surface area contributed by atoms with E-state index in [1.807, 2.05) is 0 Å². The van der Waals surface area contributed by atoms with Crippen LogP contribution in [0.25, 0.3) is 0 Å². The Morgan fingerprint density at radius 3 is 2.88 bits per heavy atom. The van der Waals surface area contributed by atoms with Crippen LogP contribution in [-0.2, 0) is 0 Å². The van der Waals surface area contributed by atoms with Crippen LogP contribution >= 0.6 is 0 Å². The average molecular weight is 236 g/mol. The first-order valence-electron chi connectivity index (χ1n) is 5.68. The van der Waals surface area contributed by atoms with Crippen LogP contribution < -0.4 is 4.74 Å². The van der Waals surface area contributed by atoms with Crippen molar-refractivity contribution >= 4 is 5.91 Å². The molecular weight excluding hydrogens is 220 g/mol. The van der Waals surface area contributed by atoms with Gasteiger partial charge in [0.2, 0.25) is 5.88 Å². The molecule has 0 aromatic carbocycles. The number of carbonyl (C=O) groups excluding carboxylic acids is 1. The molecule has 2 rings (SSSR count). The molecule has 1 N–H and O–H groups in total. The van der Waals surface area contributed by atoms with Crippen LogP contribution in [0.2, 0.25) is 0 Å². The zero-order valence-electron chi connectivity index (χ0n) is 9.80. The van der Waals surface area contributed by atoms with Crippen molar-refractivity contribution in [1.29, 1.82) is 0 Å². The quantitative estimate of drug-likeness (QED) is 0.820. The number of amides is 1. The van der Waals surface area contributed by atoms with E-state index in [0.717, 1.165) is 0 Å². The molecule has 0 saturated carbocycles. The van der Waals surface area contributed by atoms with E-state index in [1.165, 1.54) is 7.11 Å². The molecule has 5 heteroatoms. The van der Waals surface area contributed by atoms with Gasteiger partial charge in [-0.05, 0) is 18.9 Å². The van der Waals surface area contributed by atoms with Crippen LogP contribution in [0.4, 0.5) is 0 Å². The number of hydrogen-bond donors (Lipinski definition) is 1. The summed E-state index contributed by atoms with van der Waals surface area (Å²) in [6, 6.07) is 3.31. The van der Waals surface area contributed by atoms with E-state index in [2.05, 4.69) is 4.98 Å². The molecule has 0 unspecified atom stereocenters. The number of likely N-dealkylation sites (tertiary alicyclic amines) is 1. The first-order chi connectivity index (χ1) is 8.20. The molecule has 17 heavy (non-hydrogen) atoms. The SMILES string of the molecule is COc1cc(C(=O)N2CCC(O)CC2)ccn1. The third-order valence-corrected chi connectivity index (χ3v) is 2.94. The molecule has 1 aliphatic rings. The number of rotatable bonds is 2. The van der Waals surface area contributed by atoms with E-state index in [0.29, 0.717) is 37.4 Å². The molecule has 0 spiro atoms. The molecule has 1 amide bonds. The van der Waals surface area contributed by atoms with Gasteiger partial charge in [-0.2, -0.15) is 0 Å². The summed E-state index contributed by atoms with van der Waals surface area (Å²) in [6.45, 7) is 1.20. The van der Waals surface area contributed by atoms with Crippen molar-refractivity contribution in [3.63, 3.8) is 0 Å². The molecule has 1 fully saturated rings. The van der Waals surface area contributed by atoms with E-state index < -0.39 is 0 Å². The Hall–Kier alpha value is -1.62. The van der Waals surface area contributed by atoms with Crippen LogP contribution in [0.3, 0.4) is 0 Å². The van der Waals surface area contributed by atoms with Crippen molar-refractivity contribution in [2.24, 2.45) is 0 Å². The van der Waals surface area contributed by atoms with Gasteiger partial charge in [-0.3, -0.25) is 4.79 Å². The summed E-state index contributed by atoms with van der Waals surface area (Å²) in [5.74, 6) is 0.408. The third-order valence-electron chi connectivity index (χ3n) is 2.94. The molecule has 0 atom stereocenters. The highest BCUT2D eigenvalue weighted by Crippen LogP contribution is 2.15. The topological polar surface area (TPSA) is 62.7 Å². The predicted molar refractivity (Wildman–Crippen MR) is 61.9 cm³/mol. The van der Waals surface area contributed by atoms with Gasteiger partial charge in [0.25, 0.3) is 5.91 Å². The molecule has 2 heterocycles. The highest BCUT2D eigenvalue weighted by atomic mass is 16.5. The van der Waals surface area contributed by atoms with Gasteiger partial charge in [0.05, 0.1) is 13.2 Å². The van der Waals surface area contributed by atoms with Crippen molar-refractivity contribution in [3.8, 4) is 5.88 Å². The minimum absolute atomic E-state index is 0.0300.